The van der Waals surface area contributed by atoms with Gasteiger partial charge in [0.25, 0.3) is 0 Å². The molecule has 2 N–H and O–H groups in total. The predicted octanol–water partition coefficient (Wildman–Crippen LogP) is 2.89. The van der Waals surface area contributed by atoms with Gasteiger partial charge in [0.1, 0.15) is 0 Å². The van der Waals surface area contributed by atoms with Crippen LogP contribution in [0.1, 0.15) is 0 Å². The molecule has 18 heavy (non-hydrogen) atoms. The molecule has 4 nitrogen and oxygen atoms in total. The lowest BCUT2D eigenvalue weighted by Crippen LogP contribution is -2.31. The third-order valence-corrected chi connectivity index (χ3v) is 2.45. The highest BCUT2D eigenvalue weighted by Gasteiger charge is 2.19. The van der Waals surface area contributed by atoms with Crippen molar-refractivity contribution in [1.82, 2.24) is 0 Å². The van der Waals surface area contributed by atoms with Gasteiger partial charge in [-0.2, -0.15) is 0 Å². The van der Waals surface area contributed by atoms with E-state index in [2.05, 4.69) is 0 Å². The second-order valence-corrected chi connectivity index (χ2v) is 3.66. The van der Waals surface area contributed by atoms with Crippen LogP contribution in [0.25, 0.3) is 0 Å². The summed E-state index contributed by atoms with van der Waals surface area (Å²) in [4.78, 5) is 12.4. The predicted molar refractivity (Wildman–Crippen MR) is 70.4 cm³/mol. The van der Waals surface area contributed by atoms with Gasteiger partial charge in [0.15, 0.2) is 0 Å². The second-order valence-electron chi connectivity index (χ2n) is 3.66. The number of hydrogen-bond acceptors (Lipinski definition) is 2. The largest absolute Gasteiger partial charge is 0.475 e. The van der Waals surface area contributed by atoms with Gasteiger partial charge in [0.05, 0.1) is 0 Å². The topological polar surface area (TPSA) is 64.4 Å². The summed E-state index contributed by atoms with van der Waals surface area (Å²) >= 11 is 0. The fourth-order valence-electron chi connectivity index (χ4n) is 1.66. The number of aliphatic carboxylic acids is 1. The van der Waals surface area contributed by atoms with Gasteiger partial charge in [0, 0.05) is 11.4 Å². The Kier molecular flexibility index (Phi) is 3.38. The molecule has 0 aliphatic rings. The number of para-hydroxylation sites is 2. The van der Waals surface area contributed by atoms with E-state index in [4.69, 9.17) is 10.5 Å². The Labute approximate surface area is 105 Å². The van der Waals surface area contributed by atoms with E-state index in [1.165, 1.54) is 4.90 Å². The van der Waals surface area contributed by atoms with E-state index in [9.17, 15) is 4.79 Å². The van der Waals surface area contributed by atoms with Crippen LogP contribution >= 0.6 is 0 Å². The smallest absolute Gasteiger partial charge is 0.371 e. The van der Waals surface area contributed by atoms with Crippen molar-refractivity contribution in [3.63, 3.8) is 0 Å². The molecule has 0 amide bonds. The zero-order valence-electron chi connectivity index (χ0n) is 9.58. The number of carbonyl (C=O) groups is 1. The van der Waals surface area contributed by atoms with Crippen molar-refractivity contribution in [3.8, 4) is 0 Å². The molecule has 90 valence electrons. The normalized spacial score (nSPS) is 9.78. The van der Waals surface area contributed by atoms with Crippen LogP contribution in [-0.4, -0.2) is 16.9 Å². The monoisotopic (exact) mass is 240 g/mol. The third kappa shape index (κ3) is 2.38. The molecule has 0 unspecified atom stereocenters. The summed E-state index contributed by atoms with van der Waals surface area (Å²) in [5, 5.41) is 16.7. The van der Waals surface area contributed by atoms with Crippen molar-refractivity contribution < 1.29 is 9.90 Å². The zero-order valence-corrected chi connectivity index (χ0v) is 9.58. The van der Waals surface area contributed by atoms with Gasteiger partial charge in [-0.25, -0.2) is 4.79 Å². The van der Waals surface area contributed by atoms with Gasteiger partial charge < -0.3 is 5.11 Å². The molecule has 0 fully saturated rings. The SMILES string of the molecule is N=C(C(=O)O)N(c1ccccc1)c1ccccc1. The summed E-state index contributed by atoms with van der Waals surface area (Å²) in [6.07, 6.45) is 0. The lowest BCUT2D eigenvalue weighted by Gasteiger charge is -2.22. The van der Waals surface area contributed by atoms with Crippen molar-refractivity contribution in [2.45, 2.75) is 0 Å². The fourth-order valence-corrected chi connectivity index (χ4v) is 1.66. The van der Waals surface area contributed by atoms with E-state index in [-0.39, 0.29) is 0 Å². The second kappa shape index (κ2) is 5.14. The average molecular weight is 240 g/mol. The molecular weight excluding hydrogens is 228 g/mol. The summed E-state index contributed by atoms with van der Waals surface area (Å²) < 4.78 is 0. The van der Waals surface area contributed by atoms with E-state index >= 15 is 0 Å². The summed E-state index contributed by atoms with van der Waals surface area (Å²) in [5.41, 5.74) is 1.30. The molecule has 2 rings (SSSR count). The minimum absolute atomic E-state index is 0.479. The van der Waals surface area contributed by atoms with Crippen LogP contribution in [0.2, 0.25) is 0 Å². The van der Waals surface area contributed by atoms with Gasteiger partial charge in [-0.1, -0.05) is 36.4 Å². The first-order chi connectivity index (χ1) is 8.70. The highest BCUT2D eigenvalue weighted by atomic mass is 16.4. The quantitative estimate of drug-likeness (QED) is 0.626. The number of hydrogen-bond donors (Lipinski definition) is 2. The van der Waals surface area contributed by atoms with Gasteiger partial charge in [-0.05, 0) is 24.3 Å². The highest BCUT2D eigenvalue weighted by Crippen LogP contribution is 2.24. The Balaban J connectivity index is 2.48. The van der Waals surface area contributed by atoms with E-state index in [0.29, 0.717) is 11.4 Å². The highest BCUT2D eigenvalue weighted by molar-refractivity contribution is 6.40. The molecule has 0 spiro atoms. The molecule has 0 aliphatic heterocycles. The maximum absolute atomic E-state index is 11.0. The molecule has 0 saturated carbocycles. The molecule has 0 heterocycles. The average Bonchev–Trinajstić information content (AvgIpc) is 2.41. The van der Waals surface area contributed by atoms with Crippen molar-refractivity contribution >= 4 is 23.2 Å². The Morgan fingerprint density at radius 2 is 1.28 bits per heavy atom. The minimum atomic E-state index is -1.26. The number of amidine groups is 1. The molecule has 4 heteroatoms. The van der Waals surface area contributed by atoms with Crippen molar-refractivity contribution in [2.24, 2.45) is 0 Å². The first kappa shape index (κ1) is 11.9. The number of carboxylic acid groups (broad SMARTS) is 1. The molecule has 0 atom stereocenters. The lowest BCUT2D eigenvalue weighted by molar-refractivity contribution is -0.129. The Morgan fingerprint density at radius 3 is 1.61 bits per heavy atom. The summed E-state index contributed by atoms with van der Waals surface area (Å²) in [5.74, 6) is -1.74. The standard InChI is InChI=1S/C14H12N2O2/c15-13(14(17)18)16(11-7-3-1-4-8-11)12-9-5-2-6-10-12/h1-10,15H,(H,17,18). The van der Waals surface area contributed by atoms with Gasteiger partial charge >= 0.3 is 5.97 Å². The summed E-state index contributed by atoms with van der Waals surface area (Å²) in [6, 6.07) is 18.0. The molecule has 2 aromatic carbocycles. The first-order valence-corrected chi connectivity index (χ1v) is 5.42. The van der Waals surface area contributed by atoms with E-state index < -0.39 is 11.8 Å². The van der Waals surface area contributed by atoms with Gasteiger partial charge in [-0.15, -0.1) is 0 Å². The molecule has 0 aromatic heterocycles. The molecule has 0 radical (unpaired) electrons. The van der Waals surface area contributed by atoms with Crippen LogP contribution in [0.3, 0.4) is 0 Å². The number of rotatable bonds is 2. The van der Waals surface area contributed by atoms with E-state index in [1.54, 1.807) is 48.5 Å². The number of anilines is 2. The molecule has 0 saturated heterocycles. The number of nitrogens with one attached hydrogen (secondary N) is 1. The van der Waals surface area contributed by atoms with Crippen LogP contribution in [0.4, 0.5) is 11.4 Å². The van der Waals surface area contributed by atoms with E-state index in [0.717, 1.165) is 0 Å². The lowest BCUT2D eigenvalue weighted by atomic mass is 10.2. The molecule has 0 aliphatic carbocycles. The summed E-state index contributed by atoms with van der Waals surface area (Å²) in [6.45, 7) is 0. The molecule has 2 aromatic rings. The molecule has 0 bridgehead atoms. The Hall–Kier alpha value is -2.62. The minimum Gasteiger partial charge on any atom is -0.475 e. The van der Waals surface area contributed by atoms with Crippen LogP contribution in [0.15, 0.2) is 60.7 Å². The number of nitrogens with zero attached hydrogens (tertiary/aromatic N) is 1. The fraction of sp³-hybridized carbons (Fsp3) is 0. The number of benzene rings is 2. The summed E-state index contributed by atoms with van der Waals surface area (Å²) in [7, 11) is 0. The van der Waals surface area contributed by atoms with Crippen LogP contribution in [0.5, 0.6) is 0 Å². The Bertz CT molecular complexity index is 513. The van der Waals surface area contributed by atoms with Crippen LogP contribution < -0.4 is 4.90 Å². The van der Waals surface area contributed by atoms with Crippen LogP contribution in [0, 0.1) is 5.41 Å². The van der Waals surface area contributed by atoms with Gasteiger partial charge in [-0.3, -0.25) is 10.3 Å². The maximum atomic E-state index is 11.0. The van der Waals surface area contributed by atoms with Crippen molar-refractivity contribution in [3.05, 3.63) is 60.7 Å². The van der Waals surface area contributed by atoms with Crippen molar-refractivity contribution in [2.75, 3.05) is 4.90 Å². The first-order valence-electron chi connectivity index (χ1n) is 5.42. The van der Waals surface area contributed by atoms with E-state index in [1.807, 2.05) is 12.1 Å². The molecular formula is C14H12N2O2. The maximum Gasteiger partial charge on any atom is 0.371 e. The zero-order chi connectivity index (χ0) is 13.0. The number of carboxylic acids is 1. The van der Waals surface area contributed by atoms with Gasteiger partial charge in [0.2, 0.25) is 5.84 Å². The third-order valence-electron chi connectivity index (χ3n) is 2.45. The Morgan fingerprint density at radius 1 is 0.889 bits per heavy atom. The van der Waals surface area contributed by atoms with Crippen LogP contribution in [-0.2, 0) is 4.79 Å². The van der Waals surface area contributed by atoms with Crippen molar-refractivity contribution in [1.29, 1.82) is 5.41 Å².